The number of morpholine rings is 1. The third-order valence-electron chi connectivity index (χ3n) is 3.70. The van der Waals surface area contributed by atoms with Crippen molar-refractivity contribution in [2.24, 2.45) is 0 Å². The summed E-state index contributed by atoms with van der Waals surface area (Å²) >= 11 is 0. The molecule has 1 aromatic heterocycles. The smallest absolute Gasteiger partial charge is 0.137 e. The normalized spacial score (nSPS) is 22.4. The van der Waals surface area contributed by atoms with Crippen molar-refractivity contribution >= 4 is 11.6 Å². The fraction of sp³-hybridized carbons (Fsp3) is 0.750. The molecule has 1 saturated heterocycles. The molecular weight excluding hydrogens is 264 g/mol. The van der Waals surface area contributed by atoms with Crippen LogP contribution < -0.4 is 10.2 Å². The lowest BCUT2D eigenvalue weighted by Gasteiger charge is -2.37. The summed E-state index contributed by atoms with van der Waals surface area (Å²) in [5, 5.41) is 3.37. The van der Waals surface area contributed by atoms with Gasteiger partial charge >= 0.3 is 0 Å². The maximum absolute atomic E-state index is 5.83. The summed E-state index contributed by atoms with van der Waals surface area (Å²) in [6.45, 7) is 13.3. The molecule has 118 valence electrons. The van der Waals surface area contributed by atoms with Crippen molar-refractivity contribution in [3.05, 3.63) is 11.4 Å². The average Bonchev–Trinajstić information content (AvgIpc) is 2.41. The number of aromatic nitrogens is 2. The molecule has 5 heteroatoms. The summed E-state index contributed by atoms with van der Waals surface area (Å²) in [6.07, 6.45) is 2.45. The van der Waals surface area contributed by atoms with E-state index in [0.717, 1.165) is 55.5 Å². The molecule has 2 rings (SSSR count). The highest BCUT2D eigenvalue weighted by Crippen LogP contribution is 2.26. The molecule has 0 radical (unpaired) electrons. The first-order valence-corrected chi connectivity index (χ1v) is 8.06. The Hall–Kier alpha value is -1.36. The van der Waals surface area contributed by atoms with Crippen LogP contribution in [0, 0.1) is 6.92 Å². The molecule has 5 nitrogen and oxygen atoms in total. The van der Waals surface area contributed by atoms with E-state index in [2.05, 4.69) is 49.8 Å². The number of hydrogen-bond donors (Lipinski definition) is 1. The molecule has 1 N–H and O–H groups in total. The van der Waals surface area contributed by atoms with E-state index in [0.29, 0.717) is 0 Å². The Bertz CT molecular complexity index is 468. The van der Waals surface area contributed by atoms with Crippen LogP contribution in [0.15, 0.2) is 0 Å². The molecule has 2 unspecified atom stereocenters. The average molecular weight is 292 g/mol. The molecule has 1 aliphatic heterocycles. The van der Waals surface area contributed by atoms with Gasteiger partial charge in [-0.1, -0.05) is 6.92 Å². The standard InChI is InChI=1S/C16H28N4O/c1-6-8-14-18-15(17-7-2)13(5)16(19-14)20-9-11(3)21-12(4)10-20/h11-12H,6-10H2,1-5H3,(H,17,18,19). The van der Waals surface area contributed by atoms with Crippen molar-refractivity contribution in [1.82, 2.24) is 9.97 Å². The molecule has 0 bridgehead atoms. The van der Waals surface area contributed by atoms with Crippen molar-refractivity contribution < 1.29 is 4.74 Å². The van der Waals surface area contributed by atoms with Gasteiger partial charge in [-0.25, -0.2) is 9.97 Å². The van der Waals surface area contributed by atoms with Crippen LogP contribution in [-0.4, -0.2) is 41.8 Å². The largest absolute Gasteiger partial charge is 0.372 e. The molecule has 1 aromatic rings. The number of rotatable bonds is 5. The molecule has 21 heavy (non-hydrogen) atoms. The summed E-state index contributed by atoms with van der Waals surface area (Å²) in [5.74, 6) is 2.96. The van der Waals surface area contributed by atoms with Crippen LogP contribution in [0.4, 0.5) is 11.6 Å². The van der Waals surface area contributed by atoms with Crippen LogP contribution in [0.25, 0.3) is 0 Å². The van der Waals surface area contributed by atoms with Crippen LogP contribution in [0.1, 0.15) is 45.5 Å². The molecule has 2 heterocycles. The summed E-state index contributed by atoms with van der Waals surface area (Å²) in [5.41, 5.74) is 1.14. The van der Waals surface area contributed by atoms with Crippen molar-refractivity contribution in [2.45, 2.75) is 59.7 Å². The number of ether oxygens (including phenoxy) is 1. The summed E-state index contributed by atoms with van der Waals surface area (Å²) < 4.78 is 5.83. The Morgan fingerprint density at radius 3 is 2.43 bits per heavy atom. The summed E-state index contributed by atoms with van der Waals surface area (Å²) in [7, 11) is 0. The van der Waals surface area contributed by atoms with Gasteiger partial charge in [-0.3, -0.25) is 0 Å². The lowest BCUT2D eigenvalue weighted by Crippen LogP contribution is -2.46. The highest BCUT2D eigenvalue weighted by Gasteiger charge is 2.25. The third kappa shape index (κ3) is 3.84. The second kappa shape index (κ2) is 7.07. The van der Waals surface area contributed by atoms with Gasteiger partial charge in [-0.15, -0.1) is 0 Å². The zero-order chi connectivity index (χ0) is 15.4. The fourth-order valence-electron chi connectivity index (χ4n) is 2.88. The lowest BCUT2D eigenvalue weighted by atomic mass is 10.2. The molecule has 0 spiro atoms. The van der Waals surface area contributed by atoms with E-state index in [-0.39, 0.29) is 12.2 Å². The number of hydrogen-bond acceptors (Lipinski definition) is 5. The molecule has 0 saturated carbocycles. The minimum absolute atomic E-state index is 0.236. The molecule has 2 atom stereocenters. The van der Waals surface area contributed by atoms with Crippen LogP contribution in [0.3, 0.4) is 0 Å². The van der Waals surface area contributed by atoms with E-state index in [1.165, 1.54) is 0 Å². The number of nitrogens with one attached hydrogen (secondary N) is 1. The summed E-state index contributed by atoms with van der Waals surface area (Å²) in [4.78, 5) is 11.8. The van der Waals surface area contributed by atoms with E-state index in [9.17, 15) is 0 Å². The van der Waals surface area contributed by atoms with Crippen LogP contribution >= 0.6 is 0 Å². The molecule has 1 fully saturated rings. The van der Waals surface area contributed by atoms with Gasteiger partial charge in [0.15, 0.2) is 0 Å². The third-order valence-corrected chi connectivity index (χ3v) is 3.70. The summed E-state index contributed by atoms with van der Waals surface area (Å²) in [6, 6.07) is 0. The van der Waals surface area contributed by atoms with Gasteiger partial charge in [0, 0.05) is 31.6 Å². The fourth-order valence-corrected chi connectivity index (χ4v) is 2.88. The van der Waals surface area contributed by atoms with Gasteiger partial charge < -0.3 is 15.0 Å². The SMILES string of the molecule is CCCc1nc(NCC)c(C)c(N2CC(C)OC(C)C2)n1. The maximum Gasteiger partial charge on any atom is 0.137 e. The molecule has 0 aromatic carbocycles. The molecule has 1 aliphatic rings. The number of aryl methyl sites for hydroxylation is 1. The molecule has 0 aliphatic carbocycles. The Morgan fingerprint density at radius 2 is 1.86 bits per heavy atom. The number of anilines is 2. The maximum atomic E-state index is 5.83. The second-order valence-corrected chi connectivity index (χ2v) is 5.88. The predicted octanol–water partition coefficient (Wildman–Crippen LogP) is 2.78. The zero-order valence-corrected chi connectivity index (χ0v) is 13.9. The van der Waals surface area contributed by atoms with Gasteiger partial charge in [0.1, 0.15) is 17.5 Å². The van der Waals surface area contributed by atoms with E-state index >= 15 is 0 Å². The van der Waals surface area contributed by atoms with Gasteiger partial charge in [0.05, 0.1) is 12.2 Å². The van der Waals surface area contributed by atoms with E-state index < -0.39 is 0 Å². The first-order valence-electron chi connectivity index (χ1n) is 8.06. The predicted molar refractivity (Wildman–Crippen MR) is 87.1 cm³/mol. The van der Waals surface area contributed by atoms with Crippen molar-refractivity contribution in [3.8, 4) is 0 Å². The van der Waals surface area contributed by atoms with Gasteiger partial charge in [-0.2, -0.15) is 0 Å². The first kappa shape index (κ1) is 16.0. The van der Waals surface area contributed by atoms with Gasteiger partial charge in [-0.05, 0) is 34.1 Å². The van der Waals surface area contributed by atoms with E-state index in [4.69, 9.17) is 9.72 Å². The highest BCUT2D eigenvalue weighted by molar-refractivity contribution is 5.59. The Labute approximate surface area is 128 Å². The topological polar surface area (TPSA) is 50.3 Å². The van der Waals surface area contributed by atoms with Gasteiger partial charge in [0.2, 0.25) is 0 Å². The molecular formula is C16H28N4O. The minimum atomic E-state index is 0.236. The quantitative estimate of drug-likeness (QED) is 0.904. The Kier molecular flexibility index (Phi) is 5.39. The van der Waals surface area contributed by atoms with Crippen molar-refractivity contribution in [3.63, 3.8) is 0 Å². The van der Waals surface area contributed by atoms with Gasteiger partial charge in [0.25, 0.3) is 0 Å². The highest BCUT2D eigenvalue weighted by atomic mass is 16.5. The molecule has 0 amide bonds. The van der Waals surface area contributed by atoms with Crippen LogP contribution in [0.5, 0.6) is 0 Å². The van der Waals surface area contributed by atoms with Crippen molar-refractivity contribution in [2.75, 3.05) is 29.9 Å². The Morgan fingerprint density at radius 1 is 1.19 bits per heavy atom. The van der Waals surface area contributed by atoms with Crippen LogP contribution in [-0.2, 0) is 11.2 Å². The number of nitrogens with zero attached hydrogens (tertiary/aromatic N) is 3. The van der Waals surface area contributed by atoms with E-state index in [1.54, 1.807) is 0 Å². The lowest BCUT2D eigenvalue weighted by molar-refractivity contribution is -0.00550. The monoisotopic (exact) mass is 292 g/mol. The van der Waals surface area contributed by atoms with Crippen LogP contribution in [0.2, 0.25) is 0 Å². The van der Waals surface area contributed by atoms with Crippen molar-refractivity contribution in [1.29, 1.82) is 0 Å². The first-order chi connectivity index (χ1) is 10.0. The second-order valence-electron chi connectivity index (χ2n) is 5.88. The minimum Gasteiger partial charge on any atom is -0.372 e. The Balaban J connectivity index is 2.35. The zero-order valence-electron chi connectivity index (χ0n) is 13.9. The van der Waals surface area contributed by atoms with E-state index in [1.807, 2.05) is 0 Å².